The summed E-state index contributed by atoms with van der Waals surface area (Å²) >= 11 is 1.99. The van der Waals surface area contributed by atoms with E-state index in [1.54, 1.807) is 0 Å². The van der Waals surface area contributed by atoms with E-state index in [-0.39, 0.29) is 0 Å². The van der Waals surface area contributed by atoms with Crippen LogP contribution in [0.2, 0.25) is 0 Å². The summed E-state index contributed by atoms with van der Waals surface area (Å²) in [5.74, 6) is 5.90. The average Bonchev–Trinajstić information content (AvgIpc) is 2.85. The normalized spacial score (nSPS) is 27.1. The number of allylic oxidation sites excluding steroid dienone is 1. The van der Waals surface area contributed by atoms with Crippen molar-refractivity contribution in [2.45, 2.75) is 61.1 Å². The van der Waals surface area contributed by atoms with Crippen LogP contribution in [0, 0.1) is 0 Å². The van der Waals surface area contributed by atoms with Gasteiger partial charge in [0, 0.05) is 10.1 Å². The van der Waals surface area contributed by atoms with E-state index >= 15 is 0 Å². The number of rotatable bonds is 3. The largest absolute Gasteiger partial charge is 0.271 e. The van der Waals surface area contributed by atoms with Crippen molar-refractivity contribution in [3.05, 3.63) is 41.5 Å². The van der Waals surface area contributed by atoms with Crippen molar-refractivity contribution in [3.63, 3.8) is 0 Å². The molecule has 2 aliphatic rings. The third-order valence-electron chi connectivity index (χ3n) is 4.45. The first-order valence-corrected chi connectivity index (χ1v) is 8.66. The van der Waals surface area contributed by atoms with Gasteiger partial charge in [0.25, 0.3) is 0 Å². The third kappa shape index (κ3) is 3.11. The summed E-state index contributed by atoms with van der Waals surface area (Å²) in [6, 6.07) is 9.09. The molecule has 0 saturated heterocycles. The lowest BCUT2D eigenvalue weighted by atomic mass is 9.92. The van der Waals surface area contributed by atoms with Crippen LogP contribution in [0.5, 0.6) is 0 Å². The lowest BCUT2D eigenvalue weighted by molar-refractivity contribution is 0.525. The van der Waals surface area contributed by atoms with Crippen molar-refractivity contribution in [1.29, 1.82) is 0 Å². The highest BCUT2D eigenvalue weighted by molar-refractivity contribution is 8.00. The Kier molecular flexibility index (Phi) is 4.81. The maximum absolute atomic E-state index is 5.90. The summed E-state index contributed by atoms with van der Waals surface area (Å²) in [6.07, 6.45) is 11.4. The van der Waals surface area contributed by atoms with Gasteiger partial charge in [-0.1, -0.05) is 42.7 Å². The van der Waals surface area contributed by atoms with Crippen molar-refractivity contribution < 1.29 is 0 Å². The highest BCUT2D eigenvalue weighted by Gasteiger charge is 2.30. The highest BCUT2D eigenvalue weighted by Crippen LogP contribution is 2.40. The van der Waals surface area contributed by atoms with Crippen LogP contribution in [0.4, 0.5) is 0 Å². The van der Waals surface area contributed by atoms with Gasteiger partial charge in [-0.15, -0.1) is 11.8 Å². The lowest BCUT2D eigenvalue weighted by Crippen LogP contribution is -2.44. The van der Waals surface area contributed by atoms with Crippen LogP contribution in [0.25, 0.3) is 0 Å². The fourth-order valence-electron chi connectivity index (χ4n) is 3.35. The molecule has 1 aliphatic carbocycles. The molecule has 0 saturated carbocycles. The minimum absolute atomic E-state index is 0.325. The predicted molar refractivity (Wildman–Crippen MR) is 86.7 cm³/mol. The molecule has 0 bridgehead atoms. The van der Waals surface area contributed by atoms with Gasteiger partial charge in [-0.3, -0.25) is 11.3 Å². The molecular formula is C17H24N2S. The minimum atomic E-state index is 0.325. The smallest absolute Gasteiger partial charge is 0.0545 e. The molecule has 1 aliphatic heterocycles. The summed E-state index contributed by atoms with van der Waals surface area (Å²) < 4.78 is 0. The number of nitrogens with one attached hydrogen (secondary N) is 1. The molecule has 0 spiro atoms. The van der Waals surface area contributed by atoms with Crippen LogP contribution in [-0.4, -0.2) is 11.3 Å². The number of thioether (sulfide) groups is 1. The minimum Gasteiger partial charge on any atom is -0.271 e. The van der Waals surface area contributed by atoms with Crippen LogP contribution in [0.15, 0.2) is 40.8 Å². The van der Waals surface area contributed by atoms with E-state index in [1.165, 1.54) is 54.6 Å². The zero-order valence-electron chi connectivity index (χ0n) is 12.0. The molecule has 2 nitrogen and oxygen atoms in total. The molecule has 0 fully saturated rings. The summed E-state index contributed by atoms with van der Waals surface area (Å²) in [6.45, 7) is 0. The molecule has 3 rings (SSSR count). The molecule has 1 heterocycles. The van der Waals surface area contributed by atoms with Crippen LogP contribution >= 0.6 is 11.8 Å². The molecular weight excluding hydrogens is 264 g/mol. The molecule has 1 aromatic rings. The van der Waals surface area contributed by atoms with Gasteiger partial charge in [0.1, 0.15) is 0 Å². The van der Waals surface area contributed by atoms with Gasteiger partial charge in [-0.25, -0.2) is 0 Å². The summed E-state index contributed by atoms with van der Waals surface area (Å²) in [5.41, 5.74) is 6.13. The molecule has 3 heteroatoms. The fourth-order valence-corrected chi connectivity index (χ4v) is 4.79. The Labute approximate surface area is 126 Å². The second-order valence-electron chi connectivity index (χ2n) is 5.84. The Hall–Kier alpha value is -0.770. The van der Waals surface area contributed by atoms with Crippen molar-refractivity contribution in [2.75, 3.05) is 0 Å². The molecule has 20 heavy (non-hydrogen) atoms. The molecule has 3 N–H and O–H groups in total. The number of hydrogen-bond donors (Lipinski definition) is 2. The van der Waals surface area contributed by atoms with Gasteiger partial charge in [-0.05, 0) is 43.7 Å². The molecule has 108 valence electrons. The quantitative estimate of drug-likeness (QED) is 0.504. The zero-order chi connectivity index (χ0) is 13.8. The Morgan fingerprint density at radius 2 is 2.00 bits per heavy atom. The van der Waals surface area contributed by atoms with E-state index in [9.17, 15) is 0 Å². The van der Waals surface area contributed by atoms with Gasteiger partial charge >= 0.3 is 0 Å². The Morgan fingerprint density at radius 1 is 1.15 bits per heavy atom. The van der Waals surface area contributed by atoms with Crippen molar-refractivity contribution in [1.82, 2.24) is 5.43 Å². The predicted octanol–water partition coefficient (Wildman–Crippen LogP) is 3.82. The summed E-state index contributed by atoms with van der Waals surface area (Å²) in [7, 11) is 0. The average molecular weight is 288 g/mol. The van der Waals surface area contributed by atoms with Gasteiger partial charge in [0.2, 0.25) is 0 Å². The van der Waals surface area contributed by atoms with E-state index in [0.29, 0.717) is 11.3 Å². The van der Waals surface area contributed by atoms with Crippen molar-refractivity contribution in [2.24, 2.45) is 5.84 Å². The van der Waals surface area contributed by atoms with Gasteiger partial charge < -0.3 is 0 Å². The first kappa shape index (κ1) is 14.2. The first-order valence-electron chi connectivity index (χ1n) is 7.78. The third-order valence-corrected chi connectivity index (χ3v) is 5.84. The van der Waals surface area contributed by atoms with E-state index < -0.39 is 0 Å². The SMILES string of the molecule is NNC(/C1=C/CCCCCC1)C1Cc2ccccc2S1. The second-order valence-corrected chi connectivity index (χ2v) is 7.13. The van der Waals surface area contributed by atoms with E-state index in [1.807, 2.05) is 11.8 Å². The Balaban J connectivity index is 1.74. The monoisotopic (exact) mass is 288 g/mol. The number of benzene rings is 1. The first-order chi connectivity index (χ1) is 9.88. The van der Waals surface area contributed by atoms with Gasteiger partial charge in [0.05, 0.1) is 6.04 Å². The van der Waals surface area contributed by atoms with Crippen LogP contribution in [0.3, 0.4) is 0 Å². The molecule has 0 amide bonds. The van der Waals surface area contributed by atoms with E-state index in [2.05, 4.69) is 35.8 Å². The van der Waals surface area contributed by atoms with Crippen LogP contribution in [0.1, 0.15) is 44.1 Å². The number of nitrogens with two attached hydrogens (primary N) is 1. The molecule has 0 aromatic heterocycles. The molecule has 2 atom stereocenters. The second kappa shape index (κ2) is 6.79. The summed E-state index contributed by atoms with van der Waals surface area (Å²) in [4.78, 5) is 1.43. The van der Waals surface area contributed by atoms with E-state index in [0.717, 1.165) is 6.42 Å². The topological polar surface area (TPSA) is 38.0 Å². The summed E-state index contributed by atoms with van der Waals surface area (Å²) in [5, 5.41) is 0.545. The lowest BCUT2D eigenvalue weighted by Gasteiger charge is -2.26. The van der Waals surface area contributed by atoms with Crippen molar-refractivity contribution in [3.8, 4) is 0 Å². The molecule has 0 radical (unpaired) electrons. The Bertz CT molecular complexity index is 459. The molecule has 2 unspecified atom stereocenters. The number of fused-ring (bicyclic) bond motifs is 1. The fraction of sp³-hybridized carbons (Fsp3) is 0.529. The van der Waals surface area contributed by atoms with E-state index in [4.69, 9.17) is 5.84 Å². The van der Waals surface area contributed by atoms with Crippen molar-refractivity contribution >= 4 is 11.8 Å². The number of hydrazine groups is 1. The van der Waals surface area contributed by atoms with Gasteiger partial charge in [0.15, 0.2) is 0 Å². The maximum Gasteiger partial charge on any atom is 0.0545 e. The zero-order valence-corrected chi connectivity index (χ0v) is 12.8. The Morgan fingerprint density at radius 3 is 2.85 bits per heavy atom. The number of hydrogen-bond acceptors (Lipinski definition) is 3. The maximum atomic E-state index is 5.90. The van der Waals surface area contributed by atoms with Crippen LogP contribution < -0.4 is 11.3 Å². The van der Waals surface area contributed by atoms with Crippen LogP contribution in [-0.2, 0) is 6.42 Å². The highest BCUT2D eigenvalue weighted by atomic mass is 32.2. The van der Waals surface area contributed by atoms with Gasteiger partial charge in [-0.2, -0.15) is 0 Å². The molecule has 1 aromatic carbocycles. The standard InChI is InChI=1S/C17H24N2S/c18-19-17(13-8-4-2-1-3-5-9-13)16-12-14-10-6-7-11-15(14)20-16/h6-8,10-11,16-17,19H,1-5,9,12,18H2/b13-8+.